The zero-order chi connectivity index (χ0) is 15.3. The average molecular weight is 282 g/mol. The second-order valence-electron chi connectivity index (χ2n) is 7.44. The SMILES string of the molecule is CC(C)CC(NC1CCC(C(C)C)CC1)C(=O)N(C)C. The van der Waals surface area contributed by atoms with Gasteiger partial charge in [-0.25, -0.2) is 0 Å². The Labute approximate surface area is 125 Å². The van der Waals surface area contributed by atoms with Gasteiger partial charge in [-0.15, -0.1) is 0 Å². The Balaban J connectivity index is 2.52. The maximum atomic E-state index is 12.3. The second-order valence-corrected chi connectivity index (χ2v) is 7.44. The summed E-state index contributed by atoms with van der Waals surface area (Å²) in [4.78, 5) is 14.0. The molecule has 0 aromatic rings. The highest BCUT2D eigenvalue weighted by Crippen LogP contribution is 2.30. The zero-order valence-electron chi connectivity index (χ0n) is 14.3. The molecule has 0 saturated heterocycles. The second kappa shape index (κ2) is 8.02. The Morgan fingerprint density at radius 3 is 2.05 bits per heavy atom. The number of amides is 1. The van der Waals surface area contributed by atoms with Gasteiger partial charge in [0, 0.05) is 20.1 Å². The van der Waals surface area contributed by atoms with Gasteiger partial charge in [-0.3, -0.25) is 4.79 Å². The monoisotopic (exact) mass is 282 g/mol. The molecule has 0 spiro atoms. The highest BCUT2D eigenvalue weighted by Gasteiger charge is 2.28. The van der Waals surface area contributed by atoms with Gasteiger partial charge in [-0.05, 0) is 49.9 Å². The number of rotatable bonds is 6. The molecule has 1 N–H and O–H groups in total. The lowest BCUT2D eigenvalue weighted by Crippen LogP contribution is -2.49. The van der Waals surface area contributed by atoms with E-state index in [9.17, 15) is 4.79 Å². The minimum atomic E-state index is -0.00870. The summed E-state index contributed by atoms with van der Waals surface area (Å²) in [6, 6.07) is 0.517. The van der Waals surface area contributed by atoms with E-state index in [1.54, 1.807) is 4.90 Å². The Morgan fingerprint density at radius 1 is 1.10 bits per heavy atom. The molecule has 0 aromatic carbocycles. The smallest absolute Gasteiger partial charge is 0.239 e. The van der Waals surface area contributed by atoms with Crippen LogP contribution in [0.4, 0.5) is 0 Å². The van der Waals surface area contributed by atoms with Crippen LogP contribution in [0.5, 0.6) is 0 Å². The van der Waals surface area contributed by atoms with Crippen LogP contribution in [0.2, 0.25) is 0 Å². The predicted octanol–water partition coefficient (Wildman–Crippen LogP) is 3.29. The van der Waals surface area contributed by atoms with Crippen LogP contribution < -0.4 is 5.32 Å². The fraction of sp³-hybridized carbons (Fsp3) is 0.941. The highest BCUT2D eigenvalue weighted by molar-refractivity contribution is 5.81. The van der Waals surface area contributed by atoms with Crippen molar-refractivity contribution in [3.05, 3.63) is 0 Å². The fourth-order valence-electron chi connectivity index (χ4n) is 3.26. The lowest BCUT2D eigenvalue weighted by molar-refractivity contribution is -0.131. The van der Waals surface area contributed by atoms with Crippen molar-refractivity contribution in [2.24, 2.45) is 17.8 Å². The van der Waals surface area contributed by atoms with Crippen molar-refractivity contribution < 1.29 is 4.79 Å². The zero-order valence-corrected chi connectivity index (χ0v) is 14.3. The molecular weight excluding hydrogens is 248 g/mol. The number of hydrogen-bond acceptors (Lipinski definition) is 2. The number of nitrogens with one attached hydrogen (secondary N) is 1. The molecule has 1 atom stereocenters. The van der Waals surface area contributed by atoms with E-state index in [0.717, 1.165) is 18.3 Å². The van der Waals surface area contributed by atoms with Gasteiger partial charge < -0.3 is 10.2 Å². The molecule has 0 radical (unpaired) electrons. The third-order valence-corrected chi connectivity index (χ3v) is 4.60. The lowest BCUT2D eigenvalue weighted by atomic mass is 9.79. The summed E-state index contributed by atoms with van der Waals surface area (Å²) in [6.45, 7) is 9.03. The van der Waals surface area contributed by atoms with Crippen molar-refractivity contribution in [3.8, 4) is 0 Å². The molecule has 118 valence electrons. The summed E-state index contributed by atoms with van der Waals surface area (Å²) in [5.41, 5.74) is 0. The van der Waals surface area contributed by atoms with Crippen LogP contribution in [-0.4, -0.2) is 37.0 Å². The summed E-state index contributed by atoms with van der Waals surface area (Å²) >= 11 is 0. The molecule has 1 aliphatic carbocycles. The van der Waals surface area contributed by atoms with E-state index in [2.05, 4.69) is 33.0 Å². The standard InChI is InChI=1S/C17H34N2O/c1-12(2)11-16(17(20)19(5)6)18-15-9-7-14(8-10-15)13(3)4/h12-16,18H,7-11H2,1-6H3. The first kappa shape index (κ1) is 17.5. The molecule has 0 heterocycles. The van der Waals surface area contributed by atoms with E-state index in [1.807, 2.05) is 14.1 Å². The summed E-state index contributed by atoms with van der Waals surface area (Å²) in [7, 11) is 3.71. The Kier molecular flexibility index (Phi) is 7.01. The number of likely N-dealkylation sites (N-methyl/N-ethyl adjacent to an activating group) is 1. The molecule has 1 aliphatic rings. The van der Waals surface area contributed by atoms with Gasteiger partial charge in [0.05, 0.1) is 6.04 Å². The Bertz CT molecular complexity index is 291. The van der Waals surface area contributed by atoms with Crippen LogP contribution in [0.25, 0.3) is 0 Å². The summed E-state index contributed by atoms with van der Waals surface area (Å²) in [6.07, 6.45) is 5.98. The van der Waals surface area contributed by atoms with Crippen LogP contribution >= 0.6 is 0 Å². The molecule has 0 aliphatic heterocycles. The first-order valence-electron chi connectivity index (χ1n) is 8.28. The van der Waals surface area contributed by atoms with Gasteiger partial charge >= 0.3 is 0 Å². The third kappa shape index (κ3) is 5.43. The average Bonchev–Trinajstić information content (AvgIpc) is 2.37. The molecule has 0 aromatic heterocycles. The van der Waals surface area contributed by atoms with Crippen molar-refractivity contribution in [2.45, 2.75) is 71.9 Å². The fourth-order valence-corrected chi connectivity index (χ4v) is 3.26. The van der Waals surface area contributed by atoms with Crippen molar-refractivity contribution in [2.75, 3.05) is 14.1 Å². The van der Waals surface area contributed by atoms with E-state index in [1.165, 1.54) is 25.7 Å². The van der Waals surface area contributed by atoms with E-state index >= 15 is 0 Å². The van der Waals surface area contributed by atoms with E-state index < -0.39 is 0 Å². The van der Waals surface area contributed by atoms with Crippen LogP contribution in [-0.2, 0) is 4.79 Å². The first-order valence-corrected chi connectivity index (χ1v) is 8.28. The van der Waals surface area contributed by atoms with E-state index in [4.69, 9.17) is 0 Å². The Hall–Kier alpha value is -0.570. The predicted molar refractivity (Wildman–Crippen MR) is 85.7 cm³/mol. The highest BCUT2D eigenvalue weighted by atomic mass is 16.2. The molecule has 20 heavy (non-hydrogen) atoms. The van der Waals surface area contributed by atoms with Gasteiger partial charge in [0.2, 0.25) is 5.91 Å². The van der Waals surface area contributed by atoms with Gasteiger partial charge in [0.25, 0.3) is 0 Å². The number of hydrogen-bond donors (Lipinski definition) is 1. The molecular formula is C17H34N2O. The molecule has 3 nitrogen and oxygen atoms in total. The Morgan fingerprint density at radius 2 is 1.65 bits per heavy atom. The third-order valence-electron chi connectivity index (χ3n) is 4.60. The molecule has 1 rings (SSSR count). The molecule has 3 heteroatoms. The van der Waals surface area contributed by atoms with Crippen LogP contribution in [0.3, 0.4) is 0 Å². The van der Waals surface area contributed by atoms with Crippen LogP contribution in [0.1, 0.15) is 59.8 Å². The molecule has 1 saturated carbocycles. The number of carbonyl (C=O) groups excluding carboxylic acids is 1. The quantitative estimate of drug-likeness (QED) is 0.811. The summed E-state index contributed by atoms with van der Waals surface area (Å²) in [5, 5.41) is 3.64. The topological polar surface area (TPSA) is 32.3 Å². The molecule has 0 bridgehead atoms. The minimum Gasteiger partial charge on any atom is -0.347 e. The maximum Gasteiger partial charge on any atom is 0.239 e. The van der Waals surface area contributed by atoms with Gasteiger partial charge in [0.1, 0.15) is 0 Å². The largest absolute Gasteiger partial charge is 0.347 e. The molecule has 1 amide bonds. The lowest BCUT2D eigenvalue weighted by Gasteiger charge is -2.34. The number of carbonyl (C=O) groups is 1. The molecule has 1 fully saturated rings. The van der Waals surface area contributed by atoms with Crippen molar-refractivity contribution in [1.82, 2.24) is 10.2 Å². The summed E-state index contributed by atoms with van der Waals surface area (Å²) < 4.78 is 0. The van der Waals surface area contributed by atoms with Crippen molar-refractivity contribution in [1.29, 1.82) is 0 Å². The van der Waals surface area contributed by atoms with Crippen molar-refractivity contribution in [3.63, 3.8) is 0 Å². The van der Waals surface area contributed by atoms with E-state index in [0.29, 0.717) is 12.0 Å². The normalized spacial score (nSPS) is 25.0. The van der Waals surface area contributed by atoms with E-state index in [-0.39, 0.29) is 11.9 Å². The minimum absolute atomic E-state index is 0.00870. The number of nitrogens with zero attached hydrogens (tertiary/aromatic N) is 1. The summed E-state index contributed by atoms with van der Waals surface area (Å²) in [5.74, 6) is 2.44. The van der Waals surface area contributed by atoms with Gasteiger partial charge in [0.15, 0.2) is 0 Å². The van der Waals surface area contributed by atoms with Gasteiger partial charge in [-0.2, -0.15) is 0 Å². The first-order chi connectivity index (χ1) is 9.31. The van der Waals surface area contributed by atoms with Crippen LogP contribution in [0.15, 0.2) is 0 Å². The van der Waals surface area contributed by atoms with Crippen LogP contribution in [0, 0.1) is 17.8 Å². The van der Waals surface area contributed by atoms with Crippen molar-refractivity contribution >= 4 is 5.91 Å². The maximum absolute atomic E-state index is 12.3. The van der Waals surface area contributed by atoms with Gasteiger partial charge in [-0.1, -0.05) is 27.7 Å². The molecule has 1 unspecified atom stereocenters.